The van der Waals surface area contributed by atoms with E-state index in [2.05, 4.69) is 10.3 Å². The Hall–Kier alpha value is -2.13. The van der Waals surface area contributed by atoms with Crippen molar-refractivity contribution in [1.82, 2.24) is 19.4 Å². The summed E-state index contributed by atoms with van der Waals surface area (Å²) in [7, 11) is 4.59. The fraction of sp³-hybridized carbons (Fsp3) is 0.529. The number of hydrogen-bond donors (Lipinski definition) is 1. The minimum Gasteiger partial charge on any atom is -0.383 e. The third kappa shape index (κ3) is 3.99. The van der Waals surface area contributed by atoms with Crippen molar-refractivity contribution in [1.29, 1.82) is 0 Å². The summed E-state index contributed by atoms with van der Waals surface area (Å²) in [5.74, 6) is 0.135. The number of hydrogen-bond acceptors (Lipinski definition) is 6. The van der Waals surface area contributed by atoms with Crippen molar-refractivity contribution in [2.75, 3.05) is 26.0 Å². The molecule has 142 valence electrons. The summed E-state index contributed by atoms with van der Waals surface area (Å²) in [5, 5.41) is 3.13. The Morgan fingerprint density at radius 1 is 1.31 bits per heavy atom. The smallest absolute Gasteiger partial charge is 0.332 e. The van der Waals surface area contributed by atoms with E-state index in [9.17, 15) is 14.4 Å². The van der Waals surface area contributed by atoms with Crippen LogP contribution in [-0.2, 0) is 23.6 Å². The van der Waals surface area contributed by atoms with Gasteiger partial charge in [0.1, 0.15) is 5.65 Å². The molecule has 0 aliphatic rings. The summed E-state index contributed by atoms with van der Waals surface area (Å²) >= 11 is 1.29. The first-order valence-corrected chi connectivity index (χ1v) is 9.25. The zero-order valence-electron chi connectivity index (χ0n) is 15.7. The van der Waals surface area contributed by atoms with E-state index >= 15 is 0 Å². The molecule has 9 heteroatoms. The summed E-state index contributed by atoms with van der Waals surface area (Å²) in [6, 6.07) is 0. The predicted octanol–water partition coefficient (Wildman–Crippen LogP) is 0.610. The van der Waals surface area contributed by atoms with E-state index in [0.717, 1.165) is 10.1 Å². The standard InChI is InChI=1S/C17H24N4O4S/c1-10(2)11-8-19-15-13(16(23)21(4)17(24)20(15)3)14(11)26-9-12(22)18-6-7-25-5/h8,10H,6-7,9H2,1-5H3,(H,18,22). The largest absolute Gasteiger partial charge is 0.383 e. The van der Waals surface area contributed by atoms with Gasteiger partial charge in [-0.3, -0.25) is 18.7 Å². The molecule has 2 heterocycles. The van der Waals surface area contributed by atoms with Crippen LogP contribution in [0.25, 0.3) is 11.0 Å². The minimum absolute atomic E-state index is 0.118. The lowest BCUT2D eigenvalue weighted by Crippen LogP contribution is -2.37. The van der Waals surface area contributed by atoms with Gasteiger partial charge in [-0.15, -0.1) is 11.8 Å². The molecule has 0 radical (unpaired) electrons. The van der Waals surface area contributed by atoms with Crippen molar-refractivity contribution in [2.45, 2.75) is 24.7 Å². The second-order valence-electron chi connectivity index (χ2n) is 6.23. The molecule has 0 fully saturated rings. The van der Waals surface area contributed by atoms with Crippen LogP contribution in [0.4, 0.5) is 0 Å². The highest BCUT2D eigenvalue weighted by Gasteiger charge is 2.19. The number of nitrogens with one attached hydrogen (secondary N) is 1. The fourth-order valence-electron chi connectivity index (χ4n) is 2.57. The van der Waals surface area contributed by atoms with E-state index in [-0.39, 0.29) is 17.6 Å². The summed E-state index contributed by atoms with van der Waals surface area (Å²) < 4.78 is 7.33. The maximum Gasteiger partial charge on any atom is 0.332 e. The number of rotatable bonds is 7. The summed E-state index contributed by atoms with van der Waals surface area (Å²) in [6.07, 6.45) is 1.68. The lowest BCUT2D eigenvalue weighted by Gasteiger charge is -2.16. The van der Waals surface area contributed by atoms with E-state index in [1.165, 1.54) is 23.4 Å². The zero-order valence-corrected chi connectivity index (χ0v) is 16.5. The fourth-order valence-corrected chi connectivity index (χ4v) is 3.72. The summed E-state index contributed by atoms with van der Waals surface area (Å²) in [6.45, 7) is 4.87. The van der Waals surface area contributed by atoms with Gasteiger partial charge in [0.05, 0.1) is 17.7 Å². The quantitative estimate of drug-likeness (QED) is 0.559. The van der Waals surface area contributed by atoms with Crippen LogP contribution in [0.5, 0.6) is 0 Å². The van der Waals surface area contributed by atoms with Crippen molar-refractivity contribution in [2.24, 2.45) is 14.1 Å². The average Bonchev–Trinajstić information content (AvgIpc) is 2.62. The third-order valence-electron chi connectivity index (χ3n) is 4.05. The van der Waals surface area contributed by atoms with Crippen LogP contribution < -0.4 is 16.6 Å². The molecule has 0 bridgehead atoms. The number of carbonyl (C=O) groups is 1. The van der Waals surface area contributed by atoms with E-state index in [0.29, 0.717) is 29.1 Å². The number of amides is 1. The predicted molar refractivity (Wildman–Crippen MR) is 102 cm³/mol. The van der Waals surface area contributed by atoms with Crippen molar-refractivity contribution in [3.8, 4) is 0 Å². The van der Waals surface area contributed by atoms with Crippen molar-refractivity contribution in [3.05, 3.63) is 32.6 Å². The number of thioether (sulfide) groups is 1. The zero-order chi connectivity index (χ0) is 19.4. The molecule has 0 aliphatic heterocycles. The summed E-state index contributed by atoms with van der Waals surface area (Å²) in [4.78, 5) is 42.0. The van der Waals surface area contributed by atoms with Crippen molar-refractivity contribution < 1.29 is 9.53 Å². The molecule has 26 heavy (non-hydrogen) atoms. The Balaban J connectivity index is 2.52. The van der Waals surface area contributed by atoms with E-state index < -0.39 is 11.2 Å². The van der Waals surface area contributed by atoms with Gasteiger partial charge >= 0.3 is 5.69 Å². The van der Waals surface area contributed by atoms with Crippen LogP contribution in [0, 0.1) is 0 Å². The van der Waals surface area contributed by atoms with Gasteiger partial charge < -0.3 is 10.1 Å². The summed E-state index contributed by atoms with van der Waals surface area (Å²) in [5.41, 5.74) is 0.369. The number of carbonyl (C=O) groups excluding carboxylic acids is 1. The molecule has 0 unspecified atom stereocenters. The second kappa shape index (κ2) is 8.50. The maximum atomic E-state index is 12.7. The highest BCUT2D eigenvalue weighted by Crippen LogP contribution is 2.32. The number of aryl methyl sites for hydroxylation is 1. The molecule has 8 nitrogen and oxygen atoms in total. The first kappa shape index (κ1) is 20.2. The Kier molecular flexibility index (Phi) is 6.60. The molecule has 1 amide bonds. The highest BCUT2D eigenvalue weighted by molar-refractivity contribution is 8.00. The third-order valence-corrected chi connectivity index (χ3v) is 5.18. The molecular formula is C17H24N4O4S. The molecule has 0 saturated heterocycles. The van der Waals surface area contributed by atoms with Gasteiger partial charge in [-0.1, -0.05) is 13.8 Å². The Morgan fingerprint density at radius 3 is 2.62 bits per heavy atom. The number of ether oxygens (including phenoxy) is 1. The van der Waals surface area contributed by atoms with E-state index in [4.69, 9.17) is 4.74 Å². The van der Waals surface area contributed by atoms with Gasteiger partial charge in [0.15, 0.2) is 0 Å². The molecule has 2 aromatic heterocycles. The average molecular weight is 380 g/mol. The molecule has 0 atom stereocenters. The Morgan fingerprint density at radius 2 is 2.00 bits per heavy atom. The number of methoxy groups -OCH3 is 1. The number of fused-ring (bicyclic) bond motifs is 1. The molecule has 0 spiro atoms. The van der Waals surface area contributed by atoms with Gasteiger partial charge in [-0.25, -0.2) is 9.78 Å². The molecule has 0 aliphatic carbocycles. The normalized spacial score (nSPS) is 11.3. The number of aromatic nitrogens is 3. The first-order chi connectivity index (χ1) is 12.3. The molecule has 2 aromatic rings. The SMILES string of the molecule is COCCNC(=O)CSc1c(C(C)C)cnc2c1c(=O)n(C)c(=O)n2C. The van der Waals surface area contributed by atoms with Gasteiger partial charge in [-0.2, -0.15) is 0 Å². The molecular weight excluding hydrogens is 356 g/mol. The van der Waals surface area contributed by atoms with Crippen molar-refractivity contribution >= 4 is 28.7 Å². The molecule has 1 N–H and O–H groups in total. The van der Waals surface area contributed by atoms with Crippen LogP contribution in [-0.4, -0.2) is 46.0 Å². The Labute approximate surface area is 155 Å². The Bertz CT molecular complexity index is 933. The van der Waals surface area contributed by atoms with Gasteiger partial charge in [-0.05, 0) is 11.5 Å². The molecule has 0 aromatic carbocycles. The van der Waals surface area contributed by atoms with Crippen LogP contribution in [0.1, 0.15) is 25.3 Å². The lowest BCUT2D eigenvalue weighted by atomic mass is 10.0. The van der Waals surface area contributed by atoms with E-state index in [1.807, 2.05) is 13.8 Å². The van der Waals surface area contributed by atoms with Crippen LogP contribution in [0.3, 0.4) is 0 Å². The van der Waals surface area contributed by atoms with Crippen LogP contribution >= 0.6 is 11.8 Å². The highest BCUT2D eigenvalue weighted by atomic mass is 32.2. The minimum atomic E-state index is -0.430. The lowest BCUT2D eigenvalue weighted by molar-refractivity contribution is -0.118. The molecule has 0 saturated carbocycles. The topological polar surface area (TPSA) is 95.2 Å². The monoisotopic (exact) mass is 380 g/mol. The first-order valence-electron chi connectivity index (χ1n) is 8.26. The van der Waals surface area contributed by atoms with Crippen molar-refractivity contribution in [3.63, 3.8) is 0 Å². The second-order valence-corrected chi connectivity index (χ2v) is 7.22. The van der Waals surface area contributed by atoms with Gasteiger partial charge in [0, 0.05) is 38.8 Å². The van der Waals surface area contributed by atoms with Crippen LogP contribution in [0.15, 0.2) is 20.7 Å². The molecule has 2 rings (SSSR count). The van der Waals surface area contributed by atoms with E-state index in [1.54, 1.807) is 20.4 Å². The number of pyridine rings is 1. The van der Waals surface area contributed by atoms with Gasteiger partial charge in [0.2, 0.25) is 5.91 Å². The van der Waals surface area contributed by atoms with Gasteiger partial charge in [0.25, 0.3) is 5.56 Å². The van der Waals surface area contributed by atoms with Crippen LogP contribution in [0.2, 0.25) is 0 Å². The maximum absolute atomic E-state index is 12.7. The number of nitrogens with zero attached hydrogens (tertiary/aromatic N) is 3.